The Labute approximate surface area is 181 Å². The molecule has 5 nitrogen and oxygen atoms in total. The van der Waals surface area contributed by atoms with Crippen molar-refractivity contribution in [3.63, 3.8) is 0 Å². The van der Waals surface area contributed by atoms with E-state index in [2.05, 4.69) is 15.6 Å². The van der Waals surface area contributed by atoms with Gasteiger partial charge in [-0.2, -0.15) is 4.99 Å². The molecule has 0 bridgehead atoms. The SMILES string of the molecule is CCOCCn1c(=NC(=O)c2ccc3c(c2)CCCC3)sc2cccc(OCC)c21. The van der Waals surface area contributed by atoms with Crippen LogP contribution in [-0.2, 0) is 24.1 Å². The summed E-state index contributed by atoms with van der Waals surface area (Å²) in [7, 11) is 0. The van der Waals surface area contributed by atoms with Crippen LogP contribution in [0.2, 0.25) is 0 Å². The molecule has 0 spiro atoms. The molecule has 1 aliphatic rings. The highest BCUT2D eigenvalue weighted by molar-refractivity contribution is 7.16. The Morgan fingerprint density at radius 3 is 2.73 bits per heavy atom. The number of fused-ring (bicyclic) bond motifs is 2. The summed E-state index contributed by atoms with van der Waals surface area (Å²) >= 11 is 1.51. The molecule has 1 heterocycles. The van der Waals surface area contributed by atoms with Crippen LogP contribution in [0.25, 0.3) is 10.2 Å². The number of ether oxygens (including phenoxy) is 2. The van der Waals surface area contributed by atoms with Crippen molar-refractivity contribution < 1.29 is 14.3 Å². The van der Waals surface area contributed by atoms with Gasteiger partial charge in [-0.3, -0.25) is 4.79 Å². The maximum absolute atomic E-state index is 13.0. The monoisotopic (exact) mass is 424 g/mol. The van der Waals surface area contributed by atoms with Crippen molar-refractivity contribution in [1.82, 2.24) is 4.57 Å². The zero-order valence-corrected chi connectivity index (χ0v) is 18.5. The van der Waals surface area contributed by atoms with Crippen molar-refractivity contribution in [2.24, 2.45) is 4.99 Å². The van der Waals surface area contributed by atoms with Crippen LogP contribution >= 0.6 is 11.3 Å². The maximum Gasteiger partial charge on any atom is 0.279 e. The molecule has 0 saturated heterocycles. The molecule has 6 heteroatoms. The van der Waals surface area contributed by atoms with E-state index < -0.39 is 0 Å². The van der Waals surface area contributed by atoms with E-state index in [4.69, 9.17) is 9.47 Å². The molecule has 1 aliphatic carbocycles. The number of carbonyl (C=O) groups excluding carboxylic acids is 1. The van der Waals surface area contributed by atoms with Crippen molar-refractivity contribution >= 4 is 27.5 Å². The molecule has 2 aromatic carbocycles. The molecule has 4 rings (SSSR count). The molecule has 0 N–H and O–H groups in total. The van der Waals surface area contributed by atoms with E-state index >= 15 is 0 Å². The van der Waals surface area contributed by atoms with Gasteiger partial charge in [-0.05, 0) is 74.9 Å². The number of thiazole rings is 1. The number of aryl methyl sites for hydroxylation is 2. The molecule has 0 unspecified atom stereocenters. The third-order valence-electron chi connectivity index (χ3n) is 5.42. The summed E-state index contributed by atoms with van der Waals surface area (Å²) in [6.45, 7) is 6.37. The van der Waals surface area contributed by atoms with Crippen molar-refractivity contribution in [2.75, 3.05) is 19.8 Å². The number of amides is 1. The first-order valence-corrected chi connectivity index (χ1v) is 11.6. The smallest absolute Gasteiger partial charge is 0.279 e. The molecule has 1 amide bonds. The number of para-hydroxylation sites is 1. The Balaban J connectivity index is 1.76. The molecule has 0 atom stereocenters. The van der Waals surface area contributed by atoms with Gasteiger partial charge in [0.1, 0.15) is 11.3 Å². The van der Waals surface area contributed by atoms with E-state index in [0.29, 0.717) is 36.7 Å². The van der Waals surface area contributed by atoms with Gasteiger partial charge in [-0.25, -0.2) is 0 Å². The van der Waals surface area contributed by atoms with Gasteiger partial charge >= 0.3 is 0 Å². The zero-order valence-electron chi connectivity index (χ0n) is 17.6. The Morgan fingerprint density at radius 1 is 1.10 bits per heavy atom. The topological polar surface area (TPSA) is 52.8 Å². The Morgan fingerprint density at radius 2 is 1.93 bits per heavy atom. The average Bonchev–Trinajstić information content (AvgIpc) is 3.11. The predicted molar refractivity (Wildman–Crippen MR) is 120 cm³/mol. The molecular formula is C24H28N2O3S. The van der Waals surface area contributed by atoms with Crippen LogP contribution in [0, 0.1) is 0 Å². The second-order valence-corrected chi connectivity index (χ2v) is 8.39. The van der Waals surface area contributed by atoms with Gasteiger partial charge in [-0.1, -0.05) is 23.5 Å². The summed E-state index contributed by atoms with van der Waals surface area (Å²) in [6, 6.07) is 12.0. The van der Waals surface area contributed by atoms with Gasteiger partial charge in [0.2, 0.25) is 0 Å². The Kier molecular flexibility index (Phi) is 6.65. The highest BCUT2D eigenvalue weighted by Gasteiger charge is 2.15. The molecule has 3 aromatic rings. The van der Waals surface area contributed by atoms with Crippen LogP contribution < -0.4 is 9.54 Å². The lowest BCUT2D eigenvalue weighted by Gasteiger charge is -2.15. The van der Waals surface area contributed by atoms with Crippen LogP contribution in [-0.4, -0.2) is 30.3 Å². The predicted octanol–water partition coefficient (Wildman–Crippen LogP) is 4.76. The fourth-order valence-electron chi connectivity index (χ4n) is 3.98. The third kappa shape index (κ3) is 4.35. The van der Waals surface area contributed by atoms with Gasteiger partial charge in [0.05, 0.1) is 17.9 Å². The summed E-state index contributed by atoms with van der Waals surface area (Å²) in [5, 5.41) is 0. The van der Waals surface area contributed by atoms with Gasteiger partial charge in [0, 0.05) is 18.7 Å². The van der Waals surface area contributed by atoms with Crippen LogP contribution in [0.5, 0.6) is 5.75 Å². The molecule has 1 aromatic heterocycles. The molecule has 0 aliphatic heterocycles. The van der Waals surface area contributed by atoms with Gasteiger partial charge in [0.25, 0.3) is 5.91 Å². The van der Waals surface area contributed by atoms with Crippen molar-refractivity contribution in [3.05, 3.63) is 57.9 Å². The minimum Gasteiger partial charge on any atom is -0.492 e. The second-order valence-electron chi connectivity index (χ2n) is 7.38. The lowest BCUT2D eigenvalue weighted by Crippen LogP contribution is -2.20. The first kappa shape index (κ1) is 20.8. The van der Waals surface area contributed by atoms with Crippen molar-refractivity contribution in [2.45, 2.75) is 46.1 Å². The number of hydrogen-bond donors (Lipinski definition) is 0. The summed E-state index contributed by atoms with van der Waals surface area (Å²) in [5.74, 6) is 0.614. The molecule has 158 valence electrons. The number of benzene rings is 2. The van der Waals surface area contributed by atoms with E-state index in [1.807, 2.05) is 44.2 Å². The van der Waals surface area contributed by atoms with Gasteiger partial charge < -0.3 is 14.0 Å². The van der Waals surface area contributed by atoms with E-state index in [1.165, 1.54) is 35.3 Å². The van der Waals surface area contributed by atoms with Crippen molar-refractivity contribution in [3.8, 4) is 5.75 Å². The second kappa shape index (κ2) is 9.58. The van der Waals surface area contributed by atoms with E-state index in [9.17, 15) is 4.79 Å². The minimum absolute atomic E-state index is 0.196. The fraction of sp³-hybridized carbons (Fsp3) is 0.417. The zero-order chi connectivity index (χ0) is 20.9. The average molecular weight is 425 g/mol. The molecule has 0 fully saturated rings. The highest BCUT2D eigenvalue weighted by atomic mass is 32.1. The normalized spacial score (nSPS) is 14.1. The fourth-order valence-corrected chi connectivity index (χ4v) is 5.05. The quantitative estimate of drug-likeness (QED) is 0.514. The summed E-state index contributed by atoms with van der Waals surface area (Å²) in [6.07, 6.45) is 4.57. The largest absolute Gasteiger partial charge is 0.492 e. The van der Waals surface area contributed by atoms with Crippen LogP contribution in [0.15, 0.2) is 41.4 Å². The molecular weight excluding hydrogens is 396 g/mol. The maximum atomic E-state index is 13.0. The van der Waals surface area contributed by atoms with E-state index in [-0.39, 0.29) is 5.91 Å². The number of nitrogens with zero attached hydrogens (tertiary/aromatic N) is 2. The Hall–Kier alpha value is -2.44. The first-order chi connectivity index (χ1) is 14.7. The van der Waals surface area contributed by atoms with Crippen LogP contribution in [0.4, 0.5) is 0 Å². The number of hydrogen-bond acceptors (Lipinski definition) is 4. The van der Waals surface area contributed by atoms with Gasteiger partial charge in [-0.15, -0.1) is 0 Å². The molecule has 30 heavy (non-hydrogen) atoms. The number of rotatable bonds is 7. The molecule has 0 saturated carbocycles. The van der Waals surface area contributed by atoms with Crippen LogP contribution in [0.3, 0.4) is 0 Å². The Bertz CT molecular complexity index is 1110. The lowest BCUT2D eigenvalue weighted by molar-refractivity contribution is 0.0996. The van der Waals surface area contributed by atoms with E-state index in [1.54, 1.807) is 0 Å². The highest BCUT2D eigenvalue weighted by Crippen LogP contribution is 2.28. The number of carbonyl (C=O) groups is 1. The van der Waals surface area contributed by atoms with Crippen LogP contribution in [0.1, 0.15) is 48.2 Å². The first-order valence-electron chi connectivity index (χ1n) is 10.7. The van der Waals surface area contributed by atoms with E-state index in [0.717, 1.165) is 28.8 Å². The third-order valence-corrected chi connectivity index (χ3v) is 6.46. The summed E-state index contributed by atoms with van der Waals surface area (Å²) < 4.78 is 14.5. The number of aromatic nitrogens is 1. The van der Waals surface area contributed by atoms with Gasteiger partial charge in [0.15, 0.2) is 4.80 Å². The lowest BCUT2D eigenvalue weighted by atomic mass is 9.90. The van der Waals surface area contributed by atoms with Crippen molar-refractivity contribution in [1.29, 1.82) is 0 Å². The summed E-state index contributed by atoms with van der Waals surface area (Å²) in [5.41, 5.74) is 4.30. The summed E-state index contributed by atoms with van der Waals surface area (Å²) in [4.78, 5) is 18.2. The standard InChI is InChI=1S/C24H28N2O3S/c1-3-28-15-14-26-22-20(29-4-2)10-7-11-21(22)30-24(26)25-23(27)19-13-12-17-8-5-6-9-18(17)16-19/h7,10-13,16H,3-6,8-9,14-15H2,1-2H3. The minimum atomic E-state index is -0.196. The molecule has 0 radical (unpaired) electrons.